The van der Waals surface area contributed by atoms with Gasteiger partial charge in [0.15, 0.2) is 0 Å². The van der Waals surface area contributed by atoms with Crippen molar-refractivity contribution in [2.75, 3.05) is 7.11 Å². The van der Waals surface area contributed by atoms with E-state index < -0.39 is 21.5 Å². The number of nitro benzene ring substituents is 1. The minimum absolute atomic E-state index is 0.0431. The lowest BCUT2D eigenvalue weighted by Gasteiger charge is -2.06. The first kappa shape index (κ1) is 15.1. The third kappa shape index (κ3) is 3.85. The molecule has 2 aromatic carbocycles. The molecule has 0 aliphatic rings. The lowest BCUT2D eigenvalue weighted by Crippen LogP contribution is -1.99. The van der Waals surface area contributed by atoms with Crippen molar-refractivity contribution < 1.29 is 18.3 Å². The molecule has 1 unspecified atom stereocenters. The largest absolute Gasteiger partial charge is 0.496 e. The molecule has 0 heterocycles. The minimum Gasteiger partial charge on any atom is -0.496 e. The van der Waals surface area contributed by atoms with Gasteiger partial charge < -0.3 is 4.74 Å². The van der Waals surface area contributed by atoms with Crippen LogP contribution < -0.4 is 4.74 Å². The fourth-order valence-corrected chi connectivity index (χ4v) is 2.90. The average molecular weight is 309 g/mol. The Morgan fingerprint density at radius 2 is 2.05 bits per heavy atom. The van der Waals surface area contributed by atoms with Gasteiger partial charge in [-0.1, -0.05) is 6.07 Å². The summed E-state index contributed by atoms with van der Waals surface area (Å²) in [5.74, 6) is -0.116. The molecule has 0 radical (unpaired) electrons. The lowest BCUT2D eigenvalue weighted by molar-refractivity contribution is -0.385. The van der Waals surface area contributed by atoms with Crippen molar-refractivity contribution >= 4 is 16.5 Å². The molecule has 21 heavy (non-hydrogen) atoms. The normalized spacial score (nSPS) is 11.9. The number of halogens is 1. The van der Waals surface area contributed by atoms with Gasteiger partial charge in [0.2, 0.25) is 0 Å². The van der Waals surface area contributed by atoms with Gasteiger partial charge in [-0.15, -0.1) is 0 Å². The molecular weight excluding hydrogens is 297 g/mol. The summed E-state index contributed by atoms with van der Waals surface area (Å²) in [6.07, 6.45) is 0. The molecule has 0 N–H and O–H groups in total. The highest BCUT2D eigenvalue weighted by Crippen LogP contribution is 2.24. The molecule has 0 fully saturated rings. The predicted molar refractivity (Wildman–Crippen MR) is 76.2 cm³/mol. The van der Waals surface area contributed by atoms with Crippen LogP contribution in [-0.4, -0.2) is 16.2 Å². The number of benzene rings is 2. The van der Waals surface area contributed by atoms with Crippen molar-refractivity contribution in [2.24, 2.45) is 0 Å². The molecule has 0 aromatic heterocycles. The zero-order valence-corrected chi connectivity index (χ0v) is 11.9. The second-order valence-corrected chi connectivity index (χ2v) is 5.69. The van der Waals surface area contributed by atoms with Gasteiger partial charge in [0.05, 0.1) is 34.7 Å². The van der Waals surface area contributed by atoms with E-state index in [-0.39, 0.29) is 11.4 Å². The first-order valence-electron chi connectivity index (χ1n) is 5.96. The van der Waals surface area contributed by atoms with Crippen LogP contribution in [0.5, 0.6) is 5.75 Å². The van der Waals surface area contributed by atoms with Crippen LogP contribution in [0.2, 0.25) is 0 Å². The Bertz CT molecular complexity index is 705. The Hall–Kier alpha value is -2.28. The van der Waals surface area contributed by atoms with Crippen molar-refractivity contribution in [3.8, 4) is 5.75 Å². The van der Waals surface area contributed by atoms with E-state index in [2.05, 4.69) is 0 Å². The molecule has 0 spiro atoms. The van der Waals surface area contributed by atoms with E-state index in [0.717, 1.165) is 0 Å². The summed E-state index contributed by atoms with van der Waals surface area (Å²) < 4.78 is 30.3. The molecule has 0 amide bonds. The highest BCUT2D eigenvalue weighted by atomic mass is 32.2. The fraction of sp³-hybridized carbons (Fsp3) is 0.143. The van der Waals surface area contributed by atoms with Crippen molar-refractivity contribution in [3.63, 3.8) is 0 Å². The van der Waals surface area contributed by atoms with Gasteiger partial charge in [0.25, 0.3) is 5.69 Å². The maximum Gasteiger partial charge on any atom is 0.273 e. The molecule has 0 saturated heterocycles. The molecule has 0 aliphatic heterocycles. The highest BCUT2D eigenvalue weighted by molar-refractivity contribution is 7.84. The van der Waals surface area contributed by atoms with E-state index in [1.165, 1.54) is 37.4 Å². The third-order valence-electron chi connectivity index (χ3n) is 2.75. The summed E-state index contributed by atoms with van der Waals surface area (Å²) in [4.78, 5) is 10.6. The fourth-order valence-electron chi connectivity index (χ4n) is 1.79. The standard InChI is InChI=1S/C14H12FNO4S/c1-20-13-6-10(5-12(8-13)16(17)18)9-21(19)14-4-2-3-11(15)7-14/h2-8H,9H2,1H3. The number of nitro groups is 1. The molecule has 110 valence electrons. The first-order chi connectivity index (χ1) is 9.99. The molecule has 0 bridgehead atoms. The van der Waals surface area contributed by atoms with Crippen LogP contribution >= 0.6 is 0 Å². The van der Waals surface area contributed by atoms with Crippen LogP contribution in [0, 0.1) is 15.9 Å². The minimum atomic E-state index is -1.49. The summed E-state index contributed by atoms with van der Waals surface area (Å²) in [6, 6.07) is 9.66. The van der Waals surface area contributed by atoms with E-state index in [0.29, 0.717) is 16.2 Å². The van der Waals surface area contributed by atoms with Gasteiger partial charge in [-0.3, -0.25) is 14.3 Å². The first-order valence-corrected chi connectivity index (χ1v) is 7.28. The number of nitrogens with zero attached hydrogens (tertiary/aromatic N) is 1. The van der Waals surface area contributed by atoms with Crippen LogP contribution in [-0.2, 0) is 16.6 Å². The van der Waals surface area contributed by atoms with E-state index in [1.807, 2.05) is 0 Å². The van der Waals surface area contributed by atoms with Gasteiger partial charge in [0.1, 0.15) is 11.6 Å². The quantitative estimate of drug-likeness (QED) is 0.629. The molecule has 0 aliphatic carbocycles. The summed E-state index contributed by atoms with van der Waals surface area (Å²) in [5.41, 5.74) is 0.351. The average Bonchev–Trinajstić information content (AvgIpc) is 2.46. The topological polar surface area (TPSA) is 69.4 Å². The predicted octanol–water partition coefficient (Wildman–Crippen LogP) is 3.05. The van der Waals surface area contributed by atoms with Crippen LogP contribution in [0.1, 0.15) is 5.56 Å². The van der Waals surface area contributed by atoms with Crippen molar-refractivity contribution in [1.82, 2.24) is 0 Å². The number of methoxy groups -OCH3 is 1. The second-order valence-electron chi connectivity index (χ2n) is 4.24. The zero-order valence-electron chi connectivity index (χ0n) is 11.1. The third-order valence-corrected chi connectivity index (χ3v) is 4.13. The van der Waals surface area contributed by atoms with Gasteiger partial charge in [0, 0.05) is 11.0 Å². The zero-order chi connectivity index (χ0) is 15.4. The van der Waals surface area contributed by atoms with Crippen molar-refractivity contribution in [1.29, 1.82) is 0 Å². The maximum atomic E-state index is 13.1. The molecule has 2 rings (SSSR count). The SMILES string of the molecule is COc1cc(CS(=O)c2cccc(F)c2)cc([N+](=O)[O-])c1. The monoisotopic (exact) mass is 309 g/mol. The van der Waals surface area contributed by atoms with Crippen LogP contribution in [0.3, 0.4) is 0 Å². The Morgan fingerprint density at radius 1 is 1.29 bits per heavy atom. The Labute approximate surface area is 123 Å². The number of hydrogen-bond donors (Lipinski definition) is 0. The Morgan fingerprint density at radius 3 is 2.67 bits per heavy atom. The number of rotatable bonds is 5. The molecular formula is C14H12FNO4S. The number of hydrogen-bond acceptors (Lipinski definition) is 4. The van der Waals surface area contributed by atoms with Crippen molar-refractivity contribution in [3.05, 3.63) is 64.0 Å². The molecule has 5 nitrogen and oxygen atoms in total. The summed E-state index contributed by atoms with van der Waals surface area (Å²) in [5, 5.41) is 10.8. The molecule has 2 aromatic rings. The number of ether oxygens (including phenoxy) is 1. The van der Waals surface area contributed by atoms with Gasteiger partial charge >= 0.3 is 0 Å². The lowest BCUT2D eigenvalue weighted by atomic mass is 10.2. The number of non-ortho nitro benzene ring substituents is 1. The summed E-state index contributed by atoms with van der Waals surface area (Å²) in [7, 11) is -0.0994. The van der Waals surface area contributed by atoms with E-state index in [1.54, 1.807) is 12.1 Å². The van der Waals surface area contributed by atoms with Crippen molar-refractivity contribution in [2.45, 2.75) is 10.6 Å². The highest BCUT2D eigenvalue weighted by Gasteiger charge is 2.13. The summed E-state index contributed by atoms with van der Waals surface area (Å²) in [6.45, 7) is 0. The van der Waals surface area contributed by atoms with Crippen LogP contribution in [0.25, 0.3) is 0 Å². The summed E-state index contributed by atoms with van der Waals surface area (Å²) >= 11 is 0. The molecule has 1 atom stereocenters. The van der Waals surface area contributed by atoms with E-state index in [4.69, 9.17) is 4.74 Å². The van der Waals surface area contributed by atoms with Crippen LogP contribution in [0.15, 0.2) is 47.4 Å². The second kappa shape index (κ2) is 6.45. The van der Waals surface area contributed by atoms with E-state index >= 15 is 0 Å². The van der Waals surface area contributed by atoms with E-state index in [9.17, 15) is 18.7 Å². The van der Waals surface area contributed by atoms with Gasteiger partial charge in [-0.05, 0) is 29.8 Å². The molecule has 7 heteroatoms. The molecule has 0 saturated carbocycles. The Kier molecular flexibility index (Phi) is 4.64. The van der Waals surface area contributed by atoms with Crippen LogP contribution in [0.4, 0.5) is 10.1 Å². The smallest absolute Gasteiger partial charge is 0.273 e. The van der Waals surface area contributed by atoms with Gasteiger partial charge in [-0.25, -0.2) is 4.39 Å². The maximum absolute atomic E-state index is 13.1. The Balaban J connectivity index is 2.28. The van der Waals surface area contributed by atoms with Gasteiger partial charge in [-0.2, -0.15) is 0 Å².